The van der Waals surface area contributed by atoms with Crippen molar-refractivity contribution in [3.8, 4) is 22.8 Å². The third-order valence-corrected chi connectivity index (χ3v) is 6.02. The molecular formula is C21H22F3N3O3S. The Morgan fingerprint density at radius 1 is 1.03 bits per heavy atom. The lowest BCUT2D eigenvalue weighted by Crippen LogP contribution is -2.31. The number of rotatable bonds is 5. The molecule has 1 aromatic heterocycles. The van der Waals surface area contributed by atoms with Gasteiger partial charge in [-0.15, -0.1) is 0 Å². The summed E-state index contributed by atoms with van der Waals surface area (Å²) in [6.07, 6.45) is -0.129. The number of benzene rings is 1. The van der Waals surface area contributed by atoms with Gasteiger partial charge in [0.15, 0.2) is 16.7 Å². The molecule has 2 aliphatic rings. The highest BCUT2D eigenvalue weighted by molar-refractivity contribution is 7.99. The van der Waals surface area contributed by atoms with Crippen molar-refractivity contribution in [3.63, 3.8) is 0 Å². The molecule has 1 fully saturated rings. The zero-order valence-electron chi connectivity index (χ0n) is 16.8. The van der Waals surface area contributed by atoms with Crippen LogP contribution in [0.25, 0.3) is 11.3 Å². The number of amides is 1. The van der Waals surface area contributed by atoms with Crippen LogP contribution in [0.4, 0.5) is 13.2 Å². The Balaban J connectivity index is 1.49. The standard InChI is InChI=1S/C21H22F3N3O3S/c22-21(23,24)18-12-15(14-5-6-16-17(11-14)30-13-29-16)25-20(26-18)31-10-7-19(28)27-8-3-1-2-4-9-27/h5-6,11-12H,1-4,7-10,13H2. The van der Waals surface area contributed by atoms with Crippen LogP contribution in [0.2, 0.25) is 0 Å². The van der Waals surface area contributed by atoms with Gasteiger partial charge in [0.2, 0.25) is 12.7 Å². The average Bonchev–Trinajstić information content (AvgIpc) is 3.04. The van der Waals surface area contributed by atoms with Crippen LogP contribution < -0.4 is 9.47 Å². The molecule has 3 heterocycles. The fraction of sp³-hybridized carbons (Fsp3) is 0.476. The minimum absolute atomic E-state index is 0.00819. The highest BCUT2D eigenvalue weighted by atomic mass is 32.2. The van der Waals surface area contributed by atoms with E-state index in [1.54, 1.807) is 18.2 Å². The first-order valence-electron chi connectivity index (χ1n) is 10.2. The SMILES string of the molecule is O=C(CCSc1nc(-c2ccc3c(c2)OCO3)cc(C(F)(F)F)n1)N1CCCCCC1. The molecule has 166 valence electrons. The van der Waals surface area contributed by atoms with Gasteiger partial charge < -0.3 is 14.4 Å². The van der Waals surface area contributed by atoms with Crippen LogP contribution >= 0.6 is 11.8 Å². The van der Waals surface area contributed by atoms with Gasteiger partial charge in [0.25, 0.3) is 0 Å². The Bertz CT molecular complexity index is 947. The number of alkyl halides is 3. The summed E-state index contributed by atoms with van der Waals surface area (Å²) in [4.78, 5) is 22.2. The summed E-state index contributed by atoms with van der Waals surface area (Å²) in [6, 6.07) is 5.79. The summed E-state index contributed by atoms with van der Waals surface area (Å²) in [5.41, 5.74) is -0.405. The number of likely N-dealkylation sites (tertiary alicyclic amines) is 1. The van der Waals surface area contributed by atoms with Crippen LogP contribution in [0.3, 0.4) is 0 Å². The molecule has 2 aromatic rings. The molecule has 1 amide bonds. The molecule has 1 aromatic carbocycles. The first-order chi connectivity index (χ1) is 14.9. The van der Waals surface area contributed by atoms with E-state index in [1.807, 2.05) is 4.90 Å². The smallest absolute Gasteiger partial charge is 0.433 e. The van der Waals surface area contributed by atoms with Gasteiger partial charge in [-0.2, -0.15) is 13.2 Å². The number of halogens is 3. The molecule has 0 saturated carbocycles. The van der Waals surface area contributed by atoms with Gasteiger partial charge in [-0.3, -0.25) is 4.79 Å². The zero-order valence-corrected chi connectivity index (χ0v) is 17.6. The van der Waals surface area contributed by atoms with Crippen molar-refractivity contribution in [2.45, 2.75) is 43.4 Å². The summed E-state index contributed by atoms with van der Waals surface area (Å²) in [5, 5.41) is -0.00819. The summed E-state index contributed by atoms with van der Waals surface area (Å²) in [7, 11) is 0. The van der Waals surface area contributed by atoms with Crippen molar-refractivity contribution in [1.82, 2.24) is 14.9 Å². The Morgan fingerprint density at radius 2 is 1.77 bits per heavy atom. The van der Waals surface area contributed by atoms with Crippen LogP contribution in [-0.2, 0) is 11.0 Å². The zero-order chi connectivity index (χ0) is 21.8. The van der Waals surface area contributed by atoms with E-state index in [1.165, 1.54) is 0 Å². The fourth-order valence-corrected chi connectivity index (χ4v) is 4.33. The van der Waals surface area contributed by atoms with Gasteiger partial charge >= 0.3 is 6.18 Å². The van der Waals surface area contributed by atoms with Crippen molar-refractivity contribution in [3.05, 3.63) is 30.0 Å². The third kappa shape index (κ3) is 5.41. The Morgan fingerprint density at radius 3 is 2.52 bits per heavy atom. The van der Waals surface area contributed by atoms with Gasteiger partial charge in [-0.25, -0.2) is 9.97 Å². The predicted molar refractivity (Wildman–Crippen MR) is 109 cm³/mol. The minimum Gasteiger partial charge on any atom is -0.454 e. The summed E-state index contributed by atoms with van der Waals surface area (Å²) >= 11 is 1.06. The van der Waals surface area contributed by atoms with Gasteiger partial charge in [0.1, 0.15) is 5.69 Å². The number of aromatic nitrogens is 2. The lowest BCUT2D eigenvalue weighted by molar-refractivity contribution is -0.141. The average molecular weight is 453 g/mol. The molecule has 0 atom stereocenters. The van der Waals surface area contributed by atoms with Crippen LogP contribution in [-0.4, -0.2) is 46.4 Å². The summed E-state index contributed by atoms with van der Waals surface area (Å²) in [6.45, 7) is 1.57. The van der Waals surface area contributed by atoms with Crippen LogP contribution in [0.1, 0.15) is 37.8 Å². The topological polar surface area (TPSA) is 64.5 Å². The molecule has 0 radical (unpaired) electrons. The van der Waals surface area contributed by atoms with E-state index in [9.17, 15) is 18.0 Å². The first-order valence-corrected chi connectivity index (χ1v) is 11.2. The number of carbonyl (C=O) groups is 1. The van der Waals surface area contributed by atoms with E-state index in [4.69, 9.17) is 9.47 Å². The van der Waals surface area contributed by atoms with Gasteiger partial charge in [0.05, 0.1) is 5.69 Å². The second-order valence-corrected chi connectivity index (χ2v) is 8.44. The first kappa shape index (κ1) is 21.7. The van der Waals surface area contributed by atoms with Gasteiger partial charge in [0, 0.05) is 30.8 Å². The lowest BCUT2D eigenvalue weighted by atomic mass is 10.1. The fourth-order valence-electron chi connectivity index (χ4n) is 3.55. The highest BCUT2D eigenvalue weighted by Crippen LogP contribution is 2.37. The Kier molecular flexibility index (Phi) is 6.54. The minimum atomic E-state index is -4.61. The van der Waals surface area contributed by atoms with E-state index in [2.05, 4.69) is 9.97 Å². The maximum Gasteiger partial charge on any atom is 0.433 e. The Labute approximate surface area is 182 Å². The van der Waals surface area contributed by atoms with E-state index >= 15 is 0 Å². The largest absolute Gasteiger partial charge is 0.454 e. The van der Waals surface area contributed by atoms with Crippen LogP contribution in [0, 0.1) is 0 Å². The molecular weight excluding hydrogens is 431 g/mol. The van der Waals surface area contributed by atoms with Crippen molar-refractivity contribution >= 4 is 17.7 Å². The molecule has 0 bridgehead atoms. The second kappa shape index (κ2) is 9.33. The van der Waals surface area contributed by atoms with Crippen LogP contribution in [0.15, 0.2) is 29.4 Å². The van der Waals surface area contributed by atoms with E-state index in [0.29, 0.717) is 22.8 Å². The molecule has 10 heteroatoms. The molecule has 0 N–H and O–H groups in total. The molecule has 0 spiro atoms. The quantitative estimate of drug-likeness (QED) is 0.480. The van der Waals surface area contributed by atoms with Gasteiger partial charge in [-0.1, -0.05) is 24.6 Å². The van der Waals surface area contributed by atoms with E-state index in [-0.39, 0.29) is 30.0 Å². The molecule has 0 unspecified atom stereocenters. The molecule has 4 rings (SSSR count). The number of carbonyl (C=O) groups excluding carboxylic acids is 1. The highest BCUT2D eigenvalue weighted by Gasteiger charge is 2.34. The van der Waals surface area contributed by atoms with Crippen molar-refractivity contribution in [2.75, 3.05) is 25.6 Å². The lowest BCUT2D eigenvalue weighted by Gasteiger charge is -2.20. The number of thioether (sulfide) groups is 1. The number of hydrogen-bond donors (Lipinski definition) is 0. The molecule has 1 saturated heterocycles. The van der Waals surface area contributed by atoms with E-state index in [0.717, 1.165) is 56.6 Å². The molecule has 0 aliphatic carbocycles. The van der Waals surface area contributed by atoms with Gasteiger partial charge in [-0.05, 0) is 37.1 Å². The van der Waals surface area contributed by atoms with Crippen molar-refractivity contribution < 1.29 is 27.4 Å². The monoisotopic (exact) mass is 453 g/mol. The second-order valence-electron chi connectivity index (χ2n) is 7.38. The summed E-state index contributed by atoms with van der Waals surface area (Å²) < 4.78 is 50.8. The molecule has 6 nitrogen and oxygen atoms in total. The number of fused-ring (bicyclic) bond motifs is 1. The number of hydrogen-bond acceptors (Lipinski definition) is 6. The summed E-state index contributed by atoms with van der Waals surface area (Å²) in [5.74, 6) is 1.34. The Hall–Kier alpha value is -2.49. The van der Waals surface area contributed by atoms with Crippen molar-refractivity contribution in [1.29, 1.82) is 0 Å². The maximum atomic E-state index is 13.4. The van der Waals surface area contributed by atoms with Crippen LogP contribution in [0.5, 0.6) is 11.5 Å². The number of nitrogens with zero attached hydrogens (tertiary/aromatic N) is 3. The predicted octanol–water partition coefficient (Wildman–Crippen LogP) is 4.78. The normalized spacial score (nSPS) is 16.3. The third-order valence-electron chi connectivity index (χ3n) is 5.17. The molecule has 2 aliphatic heterocycles. The van der Waals surface area contributed by atoms with E-state index < -0.39 is 11.9 Å². The number of ether oxygens (including phenoxy) is 2. The van der Waals surface area contributed by atoms with Crippen molar-refractivity contribution in [2.24, 2.45) is 0 Å². The maximum absolute atomic E-state index is 13.4. The molecule has 31 heavy (non-hydrogen) atoms.